The second-order valence-electron chi connectivity index (χ2n) is 7.44. The summed E-state index contributed by atoms with van der Waals surface area (Å²) in [4.78, 5) is 8.22. The Morgan fingerprint density at radius 2 is 1.90 bits per heavy atom. The van der Waals surface area contributed by atoms with E-state index in [4.69, 9.17) is 4.74 Å². The maximum absolute atomic E-state index is 6.10. The van der Waals surface area contributed by atoms with E-state index in [1.807, 2.05) is 7.05 Å². The van der Waals surface area contributed by atoms with E-state index in [-0.39, 0.29) is 0 Å². The van der Waals surface area contributed by atoms with Crippen LogP contribution in [0.4, 0.5) is 0 Å². The Kier molecular flexibility index (Phi) is 9.50. The molecule has 1 aliphatic rings. The summed E-state index contributed by atoms with van der Waals surface area (Å²) in [5.41, 5.74) is 1.40. The Balaban J connectivity index is 1.21. The first kappa shape index (κ1) is 21.8. The maximum atomic E-state index is 6.10. The van der Waals surface area contributed by atoms with Crippen LogP contribution in [-0.4, -0.2) is 56.8 Å². The molecule has 2 heterocycles. The summed E-state index contributed by atoms with van der Waals surface area (Å²) < 4.78 is 6.10. The van der Waals surface area contributed by atoms with Crippen molar-refractivity contribution in [1.29, 1.82) is 0 Å². The molecule has 1 aliphatic heterocycles. The van der Waals surface area contributed by atoms with Gasteiger partial charge in [-0.2, -0.15) is 0 Å². The number of ether oxygens (including phenoxy) is 1. The Morgan fingerprint density at radius 1 is 1.10 bits per heavy atom. The molecule has 2 N–H and O–H groups in total. The highest BCUT2D eigenvalue weighted by atomic mass is 32.1. The number of thiophene rings is 1. The highest BCUT2D eigenvalue weighted by Gasteiger charge is 2.19. The van der Waals surface area contributed by atoms with Gasteiger partial charge in [0.1, 0.15) is 0 Å². The SMILES string of the molecule is CN=C(NCCCOC1CCN(Cc2ccccc2)CC1)NCCc1cccs1. The van der Waals surface area contributed by atoms with Crippen molar-refractivity contribution in [3.05, 3.63) is 58.3 Å². The molecule has 6 heteroatoms. The molecule has 0 spiro atoms. The smallest absolute Gasteiger partial charge is 0.190 e. The van der Waals surface area contributed by atoms with Gasteiger partial charge in [-0.15, -0.1) is 11.3 Å². The van der Waals surface area contributed by atoms with Gasteiger partial charge in [-0.1, -0.05) is 36.4 Å². The van der Waals surface area contributed by atoms with E-state index in [2.05, 4.69) is 68.4 Å². The van der Waals surface area contributed by atoms with Crippen LogP contribution in [0.5, 0.6) is 0 Å². The van der Waals surface area contributed by atoms with Crippen molar-refractivity contribution in [3.63, 3.8) is 0 Å². The Morgan fingerprint density at radius 3 is 2.62 bits per heavy atom. The van der Waals surface area contributed by atoms with E-state index in [1.54, 1.807) is 11.3 Å². The maximum Gasteiger partial charge on any atom is 0.190 e. The van der Waals surface area contributed by atoms with Crippen LogP contribution < -0.4 is 10.6 Å². The van der Waals surface area contributed by atoms with E-state index >= 15 is 0 Å². The molecule has 5 nitrogen and oxygen atoms in total. The lowest BCUT2D eigenvalue weighted by molar-refractivity contribution is 0.00534. The van der Waals surface area contributed by atoms with Crippen LogP contribution in [0, 0.1) is 0 Å². The Labute approximate surface area is 179 Å². The van der Waals surface area contributed by atoms with Gasteiger partial charge in [-0.25, -0.2) is 0 Å². The van der Waals surface area contributed by atoms with E-state index in [0.717, 1.165) is 71.0 Å². The van der Waals surface area contributed by atoms with Crippen molar-refractivity contribution >= 4 is 17.3 Å². The van der Waals surface area contributed by atoms with E-state index in [1.165, 1.54) is 10.4 Å². The fraction of sp³-hybridized carbons (Fsp3) is 0.522. The number of aliphatic imine (C=N–C) groups is 1. The van der Waals surface area contributed by atoms with Crippen molar-refractivity contribution in [3.8, 4) is 0 Å². The topological polar surface area (TPSA) is 48.9 Å². The van der Waals surface area contributed by atoms with E-state index < -0.39 is 0 Å². The standard InChI is InChI=1S/C23H34N4OS/c1-24-23(26-14-10-22-9-5-18-29-22)25-13-6-17-28-21-11-15-27(16-12-21)19-20-7-3-2-4-8-20/h2-5,7-9,18,21H,6,10-17,19H2,1H3,(H2,24,25,26). The third-order valence-electron chi connectivity index (χ3n) is 5.22. The molecule has 29 heavy (non-hydrogen) atoms. The van der Waals surface area contributed by atoms with Gasteiger partial charge in [0, 0.05) is 51.3 Å². The lowest BCUT2D eigenvalue weighted by atomic mass is 10.1. The number of rotatable bonds is 10. The third kappa shape index (κ3) is 8.17. The average molecular weight is 415 g/mol. The second kappa shape index (κ2) is 12.6. The first-order chi connectivity index (χ1) is 14.3. The van der Waals surface area contributed by atoms with Crippen molar-refractivity contribution in [1.82, 2.24) is 15.5 Å². The van der Waals surface area contributed by atoms with E-state index in [0.29, 0.717) is 6.10 Å². The minimum absolute atomic E-state index is 0.408. The summed E-state index contributed by atoms with van der Waals surface area (Å²) in [6, 6.07) is 15.0. The molecule has 0 atom stereocenters. The number of nitrogens with one attached hydrogen (secondary N) is 2. The summed E-state index contributed by atoms with van der Waals surface area (Å²) in [5.74, 6) is 0.871. The van der Waals surface area contributed by atoms with Gasteiger partial charge in [-0.3, -0.25) is 9.89 Å². The molecule has 0 saturated carbocycles. The van der Waals surface area contributed by atoms with Gasteiger partial charge in [0.15, 0.2) is 5.96 Å². The van der Waals surface area contributed by atoms with Crippen LogP contribution in [-0.2, 0) is 17.7 Å². The highest BCUT2D eigenvalue weighted by molar-refractivity contribution is 7.09. The van der Waals surface area contributed by atoms with Gasteiger partial charge in [-0.05, 0) is 42.7 Å². The zero-order chi connectivity index (χ0) is 20.2. The molecule has 2 aromatic rings. The second-order valence-corrected chi connectivity index (χ2v) is 8.47. The molecule has 0 amide bonds. The molecule has 0 bridgehead atoms. The summed E-state index contributed by atoms with van der Waals surface area (Å²) in [6.45, 7) is 5.89. The van der Waals surface area contributed by atoms with E-state index in [9.17, 15) is 0 Å². The number of benzene rings is 1. The van der Waals surface area contributed by atoms with Crippen molar-refractivity contribution in [2.24, 2.45) is 4.99 Å². The van der Waals surface area contributed by atoms with Crippen LogP contribution >= 0.6 is 11.3 Å². The van der Waals surface area contributed by atoms with Gasteiger partial charge < -0.3 is 15.4 Å². The van der Waals surface area contributed by atoms with Gasteiger partial charge in [0.05, 0.1) is 6.10 Å². The van der Waals surface area contributed by atoms with Gasteiger partial charge in [0.25, 0.3) is 0 Å². The zero-order valence-electron chi connectivity index (χ0n) is 17.5. The van der Waals surface area contributed by atoms with Crippen LogP contribution in [0.15, 0.2) is 52.8 Å². The average Bonchev–Trinajstić information content (AvgIpc) is 3.28. The first-order valence-electron chi connectivity index (χ1n) is 10.7. The number of guanidine groups is 1. The Bertz CT molecular complexity index is 697. The van der Waals surface area contributed by atoms with Crippen LogP contribution in [0.1, 0.15) is 29.7 Å². The largest absolute Gasteiger partial charge is 0.378 e. The molecular formula is C23H34N4OS. The minimum atomic E-state index is 0.408. The highest BCUT2D eigenvalue weighted by Crippen LogP contribution is 2.16. The lowest BCUT2D eigenvalue weighted by Crippen LogP contribution is -2.39. The molecule has 1 saturated heterocycles. The molecule has 1 fully saturated rings. The van der Waals surface area contributed by atoms with Crippen molar-refractivity contribution in [2.45, 2.75) is 38.3 Å². The molecule has 1 aromatic heterocycles. The zero-order valence-corrected chi connectivity index (χ0v) is 18.3. The quantitative estimate of drug-likeness (QED) is 0.355. The van der Waals surface area contributed by atoms with Gasteiger partial charge in [0.2, 0.25) is 0 Å². The van der Waals surface area contributed by atoms with Gasteiger partial charge >= 0.3 is 0 Å². The number of piperidine rings is 1. The molecule has 0 unspecified atom stereocenters. The van der Waals surface area contributed by atoms with Crippen LogP contribution in [0.25, 0.3) is 0 Å². The number of hydrogen-bond donors (Lipinski definition) is 2. The predicted molar refractivity (Wildman–Crippen MR) is 123 cm³/mol. The van der Waals surface area contributed by atoms with Crippen molar-refractivity contribution in [2.75, 3.05) is 39.8 Å². The third-order valence-corrected chi connectivity index (χ3v) is 6.15. The summed E-state index contributed by atoms with van der Waals surface area (Å²) in [6.07, 6.45) is 4.70. The molecule has 3 rings (SSSR count). The summed E-state index contributed by atoms with van der Waals surface area (Å²) >= 11 is 1.80. The molecular weight excluding hydrogens is 380 g/mol. The van der Waals surface area contributed by atoms with Crippen LogP contribution in [0.2, 0.25) is 0 Å². The van der Waals surface area contributed by atoms with Crippen molar-refractivity contribution < 1.29 is 4.74 Å². The summed E-state index contributed by atoms with van der Waals surface area (Å²) in [5, 5.41) is 8.87. The predicted octanol–water partition coefficient (Wildman–Crippen LogP) is 3.53. The Hall–Kier alpha value is -1.89. The monoisotopic (exact) mass is 414 g/mol. The first-order valence-corrected chi connectivity index (χ1v) is 11.6. The molecule has 0 aliphatic carbocycles. The molecule has 158 valence electrons. The molecule has 1 aromatic carbocycles. The fourth-order valence-corrected chi connectivity index (χ4v) is 4.29. The number of hydrogen-bond acceptors (Lipinski definition) is 4. The summed E-state index contributed by atoms with van der Waals surface area (Å²) in [7, 11) is 1.82. The number of nitrogens with zero attached hydrogens (tertiary/aromatic N) is 2. The van der Waals surface area contributed by atoms with Crippen LogP contribution in [0.3, 0.4) is 0 Å². The normalized spacial score (nSPS) is 16.1. The number of likely N-dealkylation sites (tertiary alicyclic amines) is 1. The lowest BCUT2D eigenvalue weighted by Gasteiger charge is -2.32. The fourth-order valence-electron chi connectivity index (χ4n) is 3.58. The minimum Gasteiger partial charge on any atom is -0.378 e. The molecule has 0 radical (unpaired) electrons.